The summed E-state index contributed by atoms with van der Waals surface area (Å²) in [6.45, 7) is 11.6. The van der Waals surface area contributed by atoms with Gasteiger partial charge < -0.3 is 10.5 Å². The van der Waals surface area contributed by atoms with Gasteiger partial charge in [-0.2, -0.15) is 0 Å². The molecule has 96 valence electrons. The van der Waals surface area contributed by atoms with Gasteiger partial charge in [-0.3, -0.25) is 4.90 Å². The van der Waals surface area contributed by atoms with E-state index in [4.69, 9.17) is 10.5 Å². The van der Waals surface area contributed by atoms with Crippen molar-refractivity contribution in [2.75, 3.05) is 19.7 Å². The minimum absolute atomic E-state index is 0.168. The number of nitrogens with two attached hydrogens (primary N) is 1. The van der Waals surface area contributed by atoms with Crippen molar-refractivity contribution in [3.63, 3.8) is 0 Å². The van der Waals surface area contributed by atoms with Gasteiger partial charge in [0.25, 0.3) is 0 Å². The van der Waals surface area contributed by atoms with Crippen LogP contribution < -0.4 is 5.73 Å². The van der Waals surface area contributed by atoms with Crippen molar-refractivity contribution in [2.24, 2.45) is 5.73 Å². The molecule has 1 aliphatic heterocycles. The van der Waals surface area contributed by atoms with Crippen molar-refractivity contribution in [1.29, 1.82) is 0 Å². The molecular weight excluding hydrogens is 200 g/mol. The molecule has 0 amide bonds. The minimum atomic E-state index is 0.168. The molecule has 1 aliphatic rings. The van der Waals surface area contributed by atoms with E-state index in [0.29, 0.717) is 12.1 Å². The molecule has 0 bridgehead atoms. The number of ether oxygens (including phenoxy) is 1. The zero-order valence-corrected chi connectivity index (χ0v) is 11.3. The normalized spacial score (nSPS) is 33.0. The van der Waals surface area contributed by atoms with Crippen molar-refractivity contribution in [3.8, 4) is 0 Å². The van der Waals surface area contributed by atoms with Crippen molar-refractivity contribution in [2.45, 2.75) is 64.6 Å². The van der Waals surface area contributed by atoms with Crippen molar-refractivity contribution in [1.82, 2.24) is 4.90 Å². The van der Waals surface area contributed by atoms with E-state index in [-0.39, 0.29) is 5.54 Å². The summed E-state index contributed by atoms with van der Waals surface area (Å²) in [4.78, 5) is 2.59. The van der Waals surface area contributed by atoms with Crippen LogP contribution in [0.2, 0.25) is 0 Å². The van der Waals surface area contributed by atoms with E-state index in [1.54, 1.807) is 0 Å². The van der Waals surface area contributed by atoms with Gasteiger partial charge in [0.15, 0.2) is 0 Å². The molecular formula is C13H28N2O. The lowest BCUT2D eigenvalue weighted by atomic mass is 9.84. The quantitative estimate of drug-likeness (QED) is 0.782. The fourth-order valence-corrected chi connectivity index (χ4v) is 3.04. The van der Waals surface area contributed by atoms with E-state index in [1.807, 2.05) is 0 Å². The number of hydrogen-bond donors (Lipinski definition) is 1. The fourth-order valence-electron chi connectivity index (χ4n) is 3.04. The number of nitrogens with zero attached hydrogens (tertiary/aromatic N) is 1. The van der Waals surface area contributed by atoms with Gasteiger partial charge in [-0.05, 0) is 39.7 Å². The monoisotopic (exact) mass is 228 g/mol. The van der Waals surface area contributed by atoms with Gasteiger partial charge in [0.1, 0.15) is 0 Å². The SMILES string of the molecule is CCC(C)N(CC)C1(CN)CCOC(C)C1. The summed E-state index contributed by atoms with van der Waals surface area (Å²) in [7, 11) is 0. The van der Waals surface area contributed by atoms with E-state index >= 15 is 0 Å². The maximum atomic E-state index is 6.07. The predicted octanol–water partition coefficient (Wildman–Crippen LogP) is 2.00. The van der Waals surface area contributed by atoms with Gasteiger partial charge in [0.05, 0.1) is 6.10 Å². The largest absolute Gasteiger partial charge is 0.378 e. The molecule has 2 N–H and O–H groups in total. The smallest absolute Gasteiger partial charge is 0.0565 e. The molecule has 0 aromatic carbocycles. The molecule has 0 aromatic rings. The van der Waals surface area contributed by atoms with Crippen molar-refractivity contribution in [3.05, 3.63) is 0 Å². The molecule has 1 saturated heterocycles. The molecule has 3 heteroatoms. The van der Waals surface area contributed by atoms with Crippen LogP contribution in [-0.2, 0) is 4.74 Å². The Bertz CT molecular complexity index is 210. The standard InChI is InChI=1S/C13H28N2O/c1-5-11(3)15(6-2)13(10-14)7-8-16-12(4)9-13/h11-12H,5-10,14H2,1-4H3. The third-order valence-electron chi connectivity index (χ3n) is 4.09. The van der Waals surface area contributed by atoms with Crippen LogP contribution >= 0.6 is 0 Å². The summed E-state index contributed by atoms with van der Waals surface area (Å²) in [5, 5.41) is 0. The highest BCUT2D eigenvalue weighted by molar-refractivity contribution is 4.96. The second kappa shape index (κ2) is 5.99. The molecule has 16 heavy (non-hydrogen) atoms. The summed E-state index contributed by atoms with van der Waals surface area (Å²) in [5.74, 6) is 0. The van der Waals surface area contributed by atoms with Crippen LogP contribution in [0.15, 0.2) is 0 Å². The van der Waals surface area contributed by atoms with Crippen LogP contribution in [0.25, 0.3) is 0 Å². The number of hydrogen-bond acceptors (Lipinski definition) is 3. The third-order valence-corrected chi connectivity index (χ3v) is 4.09. The summed E-state index contributed by atoms with van der Waals surface area (Å²) in [6.07, 6.45) is 3.67. The van der Waals surface area contributed by atoms with Crippen LogP contribution in [0.3, 0.4) is 0 Å². The number of likely N-dealkylation sites (N-methyl/N-ethyl adjacent to an activating group) is 1. The molecule has 0 radical (unpaired) electrons. The molecule has 0 spiro atoms. The van der Waals surface area contributed by atoms with E-state index in [9.17, 15) is 0 Å². The topological polar surface area (TPSA) is 38.5 Å². The van der Waals surface area contributed by atoms with Crippen molar-refractivity contribution >= 4 is 0 Å². The average Bonchev–Trinajstić information content (AvgIpc) is 2.29. The Kier molecular flexibility index (Phi) is 5.22. The molecule has 1 heterocycles. The van der Waals surface area contributed by atoms with Crippen LogP contribution in [0.4, 0.5) is 0 Å². The molecule has 1 fully saturated rings. The van der Waals surface area contributed by atoms with E-state index in [0.717, 1.165) is 32.5 Å². The zero-order chi connectivity index (χ0) is 12.2. The van der Waals surface area contributed by atoms with Crippen LogP contribution in [0, 0.1) is 0 Å². The summed E-state index contributed by atoms with van der Waals surface area (Å²) < 4.78 is 5.66. The highest BCUT2D eigenvalue weighted by Gasteiger charge is 2.40. The molecule has 3 atom stereocenters. The molecule has 3 unspecified atom stereocenters. The minimum Gasteiger partial charge on any atom is -0.378 e. The van der Waals surface area contributed by atoms with Gasteiger partial charge in [0.2, 0.25) is 0 Å². The maximum absolute atomic E-state index is 6.07. The Morgan fingerprint density at radius 3 is 2.62 bits per heavy atom. The fraction of sp³-hybridized carbons (Fsp3) is 1.00. The van der Waals surface area contributed by atoms with E-state index in [2.05, 4.69) is 32.6 Å². The third kappa shape index (κ3) is 2.76. The Labute approximate surface area is 100 Å². The first-order valence-electron chi connectivity index (χ1n) is 6.68. The van der Waals surface area contributed by atoms with Crippen LogP contribution in [-0.4, -0.2) is 42.3 Å². The molecule has 0 aliphatic carbocycles. The second-order valence-corrected chi connectivity index (χ2v) is 5.11. The Morgan fingerprint density at radius 1 is 1.50 bits per heavy atom. The first-order chi connectivity index (χ1) is 7.59. The molecule has 0 saturated carbocycles. The van der Waals surface area contributed by atoms with Gasteiger partial charge in [-0.25, -0.2) is 0 Å². The summed E-state index contributed by atoms with van der Waals surface area (Å²) in [6, 6.07) is 0.610. The van der Waals surface area contributed by atoms with E-state index < -0.39 is 0 Å². The number of rotatable bonds is 5. The average molecular weight is 228 g/mol. The van der Waals surface area contributed by atoms with Gasteiger partial charge in [-0.1, -0.05) is 13.8 Å². The summed E-state index contributed by atoms with van der Waals surface area (Å²) >= 11 is 0. The highest BCUT2D eigenvalue weighted by atomic mass is 16.5. The molecule has 0 aromatic heterocycles. The molecule has 1 rings (SSSR count). The summed E-state index contributed by atoms with van der Waals surface area (Å²) in [5.41, 5.74) is 6.24. The van der Waals surface area contributed by atoms with Gasteiger partial charge in [-0.15, -0.1) is 0 Å². The highest BCUT2D eigenvalue weighted by Crippen LogP contribution is 2.32. The van der Waals surface area contributed by atoms with Crippen molar-refractivity contribution < 1.29 is 4.74 Å². The van der Waals surface area contributed by atoms with Crippen LogP contribution in [0.5, 0.6) is 0 Å². The lowest BCUT2D eigenvalue weighted by Gasteiger charge is -2.49. The van der Waals surface area contributed by atoms with Crippen LogP contribution in [0.1, 0.15) is 47.0 Å². The predicted molar refractivity (Wildman–Crippen MR) is 68.6 cm³/mol. The maximum Gasteiger partial charge on any atom is 0.0565 e. The first kappa shape index (κ1) is 13.9. The first-order valence-corrected chi connectivity index (χ1v) is 6.68. The van der Waals surface area contributed by atoms with Gasteiger partial charge >= 0.3 is 0 Å². The zero-order valence-electron chi connectivity index (χ0n) is 11.3. The Morgan fingerprint density at radius 2 is 2.19 bits per heavy atom. The Hall–Kier alpha value is -0.120. The van der Waals surface area contributed by atoms with Gasteiger partial charge in [0, 0.05) is 24.7 Å². The lowest BCUT2D eigenvalue weighted by molar-refractivity contribution is -0.0740. The molecule has 3 nitrogen and oxygen atoms in total. The Balaban J connectivity index is 2.82. The second-order valence-electron chi connectivity index (χ2n) is 5.11. The lowest BCUT2D eigenvalue weighted by Crippen LogP contribution is -2.60. The van der Waals surface area contributed by atoms with E-state index in [1.165, 1.54) is 6.42 Å².